The molecule has 0 bridgehead atoms. The molecule has 0 fully saturated rings. The van der Waals surface area contributed by atoms with Crippen molar-refractivity contribution in [3.05, 3.63) is 0 Å². The van der Waals surface area contributed by atoms with Crippen LogP contribution in [-0.4, -0.2) is 24.8 Å². The number of alkyl halides is 6. The standard InChI is InChI=1S/C10H15F6NO/c1-3-6(4-2)5-17-8(18)7(9(11,12)13)10(14,15)16/h6-7H,3-5H2,1-2H3,(H,17,18). The summed E-state index contributed by atoms with van der Waals surface area (Å²) in [5.74, 6) is -6.13. The van der Waals surface area contributed by atoms with Crippen LogP contribution in [0.3, 0.4) is 0 Å². The maximum absolute atomic E-state index is 12.2. The molecule has 2 nitrogen and oxygen atoms in total. The van der Waals surface area contributed by atoms with Gasteiger partial charge < -0.3 is 5.32 Å². The molecule has 108 valence electrons. The van der Waals surface area contributed by atoms with Gasteiger partial charge in [-0.15, -0.1) is 0 Å². The Morgan fingerprint density at radius 2 is 1.39 bits per heavy atom. The van der Waals surface area contributed by atoms with Crippen LogP contribution in [0.25, 0.3) is 0 Å². The van der Waals surface area contributed by atoms with Crippen molar-refractivity contribution in [1.29, 1.82) is 0 Å². The molecule has 0 aliphatic heterocycles. The number of hydrogen-bond donors (Lipinski definition) is 1. The number of carbonyl (C=O) groups is 1. The Bertz CT molecular complexity index is 255. The summed E-state index contributed by atoms with van der Waals surface area (Å²) in [7, 11) is 0. The Morgan fingerprint density at radius 1 is 1.00 bits per heavy atom. The lowest BCUT2D eigenvalue weighted by Gasteiger charge is -2.23. The van der Waals surface area contributed by atoms with E-state index >= 15 is 0 Å². The van der Waals surface area contributed by atoms with Crippen LogP contribution in [0.4, 0.5) is 26.3 Å². The number of nitrogens with one attached hydrogen (secondary N) is 1. The molecule has 18 heavy (non-hydrogen) atoms. The Hall–Kier alpha value is -0.950. The fraction of sp³-hybridized carbons (Fsp3) is 0.900. The summed E-state index contributed by atoms with van der Waals surface area (Å²) in [6.45, 7) is 3.30. The van der Waals surface area contributed by atoms with Gasteiger partial charge in [-0.1, -0.05) is 26.7 Å². The molecule has 0 aliphatic carbocycles. The first-order chi connectivity index (χ1) is 8.04. The summed E-state index contributed by atoms with van der Waals surface area (Å²) < 4.78 is 73.0. The minimum Gasteiger partial charge on any atom is -0.355 e. The average Bonchev–Trinajstić information content (AvgIpc) is 2.14. The third kappa shape index (κ3) is 5.14. The second-order valence-corrected chi connectivity index (χ2v) is 3.94. The van der Waals surface area contributed by atoms with Crippen molar-refractivity contribution in [2.45, 2.75) is 39.0 Å². The highest BCUT2D eigenvalue weighted by Crippen LogP contribution is 2.39. The largest absolute Gasteiger partial charge is 0.409 e. The lowest BCUT2D eigenvalue weighted by Crippen LogP contribution is -2.48. The van der Waals surface area contributed by atoms with Gasteiger partial charge in [0.15, 0.2) is 0 Å². The van der Waals surface area contributed by atoms with Gasteiger partial charge in [-0.05, 0) is 5.92 Å². The summed E-state index contributed by atoms with van der Waals surface area (Å²) >= 11 is 0. The van der Waals surface area contributed by atoms with E-state index in [2.05, 4.69) is 0 Å². The summed E-state index contributed by atoms with van der Waals surface area (Å²) in [5, 5.41) is 1.72. The summed E-state index contributed by atoms with van der Waals surface area (Å²) in [6.07, 6.45) is -10.1. The summed E-state index contributed by atoms with van der Waals surface area (Å²) in [6, 6.07) is 0. The summed E-state index contributed by atoms with van der Waals surface area (Å²) in [4.78, 5) is 11.0. The molecule has 0 saturated carbocycles. The number of carbonyl (C=O) groups excluding carboxylic acids is 1. The molecule has 0 heterocycles. The predicted molar refractivity (Wildman–Crippen MR) is 52.7 cm³/mol. The second kappa shape index (κ2) is 6.29. The first-order valence-electron chi connectivity index (χ1n) is 5.45. The second-order valence-electron chi connectivity index (χ2n) is 3.94. The van der Waals surface area contributed by atoms with Crippen molar-refractivity contribution in [2.75, 3.05) is 6.54 Å². The topological polar surface area (TPSA) is 29.1 Å². The highest BCUT2D eigenvalue weighted by molar-refractivity contribution is 5.80. The molecule has 8 heteroatoms. The van der Waals surface area contributed by atoms with Gasteiger partial charge in [0.05, 0.1) is 0 Å². The number of halogens is 6. The maximum Gasteiger partial charge on any atom is 0.409 e. The van der Waals surface area contributed by atoms with Crippen LogP contribution in [0.2, 0.25) is 0 Å². The normalized spacial score (nSPS) is 13.2. The maximum atomic E-state index is 12.2. The zero-order valence-corrected chi connectivity index (χ0v) is 9.95. The van der Waals surface area contributed by atoms with Crippen molar-refractivity contribution in [3.8, 4) is 0 Å². The number of amides is 1. The van der Waals surface area contributed by atoms with E-state index in [4.69, 9.17) is 0 Å². The fourth-order valence-electron chi connectivity index (χ4n) is 1.41. The molecule has 0 rings (SSSR count). The first-order valence-corrected chi connectivity index (χ1v) is 5.45. The minimum absolute atomic E-state index is 0.129. The summed E-state index contributed by atoms with van der Waals surface area (Å²) in [5.41, 5.74) is 0. The lowest BCUT2D eigenvalue weighted by molar-refractivity contribution is -0.274. The monoisotopic (exact) mass is 279 g/mol. The quantitative estimate of drug-likeness (QED) is 0.769. The third-order valence-electron chi connectivity index (χ3n) is 2.64. The van der Waals surface area contributed by atoms with Crippen LogP contribution < -0.4 is 5.32 Å². The molecule has 0 aliphatic rings. The molecule has 0 aromatic heterocycles. The van der Waals surface area contributed by atoms with Gasteiger partial charge in [0, 0.05) is 6.54 Å². The Kier molecular flexibility index (Phi) is 5.95. The van der Waals surface area contributed by atoms with Gasteiger partial charge >= 0.3 is 12.4 Å². The van der Waals surface area contributed by atoms with Gasteiger partial charge in [0.2, 0.25) is 11.8 Å². The van der Waals surface area contributed by atoms with Gasteiger partial charge in [0.25, 0.3) is 0 Å². The Labute approximate surface area is 101 Å². The average molecular weight is 279 g/mol. The third-order valence-corrected chi connectivity index (χ3v) is 2.64. The molecule has 0 aromatic carbocycles. The number of rotatable bonds is 5. The molecule has 0 aromatic rings. The van der Waals surface area contributed by atoms with Crippen LogP contribution in [0.15, 0.2) is 0 Å². The van der Waals surface area contributed by atoms with Crippen molar-refractivity contribution in [1.82, 2.24) is 5.32 Å². The van der Waals surface area contributed by atoms with Crippen LogP contribution >= 0.6 is 0 Å². The van der Waals surface area contributed by atoms with E-state index in [-0.39, 0.29) is 12.5 Å². The SMILES string of the molecule is CCC(CC)CNC(=O)C(C(F)(F)F)C(F)(F)F. The zero-order chi connectivity index (χ0) is 14.6. The van der Waals surface area contributed by atoms with E-state index in [1.165, 1.54) is 0 Å². The van der Waals surface area contributed by atoms with Gasteiger partial charge in [-0.2, -0.15) is 26.3 Å². The predicted octanol–water partition coefficient (Wildman–Crippen LogP) is 3.28. The van der Waals surface area contributed by atoms with E-state index in [9.17, 15) is 31.1 Å². The van der Waals surface area contributed by atoms with E-state index in [1.54, 1.807) is 19.2 Å². The molecule has 0 spiro atoms. The first kappa shape index (κ1) is 17.1. The lowest BCUT2D eigenvalue weighted by atomic mass is 10.0. The van der Waals surface area contributed by atoms with E-state index in [1.807, 2.05) is 0 Å². The van der Waals surface area contributed by atoms with Crippen LogP contribution in [-0.2, 0) is 4.79 Å². The Morgan fingerprint density at radius 3 is 1.67 bits per heavy atom. The molecule has 0 radical (unpaired) electrons. The molecular weight excluding hydrogens is 264 g/mol. The van der Waals surface area contributed by atoms with Crippen molar-refractivity contribution < 1.29 is 31.1 Å². The number of hydrogen-bond acceptors (Lipinski definition) is 1. The zero-order valence-electron chi connectivity index (χ0n) is 9.95. The fourth-order valence-corrected chi connectivity index (χ4v) is 1.41. The van der Waals surface area contributed by atoms with E-state index < -0.39 is 24.2 Å². The highest BCUT2D eigenvalue weighted by atomic mass is 19.4. The molecule has 0 atom stereocenters. The van der Waals surface area contributed by atoms with E-state index in [0.717, 1.165) is 0 Å². The smallest absolute Gasteiger partial charge is 0.355 e. The van der Waals surface area contributed by atoms with Crippen LogP contribution in [0, 0.1) is 11.8 Å². The van der Waals surface area contributed by atoms with Crippen LogP contribution in [0.1, 0.15) is 26.7 Å². The van der Waals surface area contributed by atoms with Gasteiger partial charge in [-0.25, -0.2) is 0 Å². The van der Waals surface area contributed by atoms with Crippen molar-refractivity contribution in [2.24, 2.45) is 11.8 Å². The van der Waals surface area contributed by atoms with Gasteiger partial charge in [-0.3, -0.25) is 4.79 Å². The Balaban J connectivity index is 4.70. The van der Waals surface area contributed by atoms with E-state index in [0.29, 0.717) is 12.8 Å². The molecule has 1 amide bonds. The molecule has 0 saturated heterocycles. The minimum atomic E-state index is -5.63. The molecular formula is C10H15F6NO. The highest BCUT2D eigenvalue weighted by Gasteiger charge is 2.61. The van der Waals surface area contributed by atoms with Crippen LogP contribution in [0.5, 0.6) is 0 Å². The van der Waals surface area contributed by atoms with Crippen molar-refractivity contribution >= 4 is 5.91 Å². The van der Waals surface area contributed by atoms with Gasteiger partial charge in [0.1, 0.15) is 0 Å². The molecule has 1 N–H and O–H groups in total. The molecule has 0 unspecified atom stereocenters. The van der Waals surface area contributed by atoms with Crippen molar-refractivity contribution in [3.63, 3.8) is 0 Å².